The summed E-state index contributed by atoms with van der Waals surface area (Å²) in [5.41, 5.74) is 1.50. The van der Waals surface area contributed by atoms with Crippen molar-refractivity contribution in [3.63, 3.8) is 0 Å². The van der Waals surface area contributed by atoms with Gasteiger partial charge in [-0.05, 0) is 32.0 Å². The number of nitrogens with zero attached hydrogens (tertiary/aromatic N) is 2. The van der Waals surface area contributed by atoms with Crippen molar-refractivity contribution in [3.05, 3.63) is 41.4 Å². The van der Waals surface area contributed by atoms with Gasteiger partial charge in [-0.15, -0.1) is 6.58 Å². The maximum absolute atomic E-state index is 9.08. The summed E-state index contributed by atoms with van der Waals surface area (Å²) in [5.74, 6) is 0. The van der Waals surface area contributed by atoms with Crippen molar-refractivity contribution in [2.45, 2.75) is 19.9 Å². The van der Waals surface area contributed by atoms with Crippen LogP contribution in [0, 0.1) is 11.3 Å². The van der Waals surface area contributed by atoms with E-state index < -0.39 is 0 Å². The van der Waals surface area contributed by atoms with Crippen LogP contribution in [0.4, 0.5) is 5.69 Å². The van der Waals surface area contributed by atoms with Crippen LogP contribution in [0.5, 0.6) is 0 Å². The van der Waals surface area contributed by atoms with Gasteiger partial charge in [-0.3, -0.25) is 0 Å². The van der Waals surface area contributed by atoms with Crippen LogP contribution >= 0.6 is 11.6 Å². The molecule has 0 aliphatic carbocycles. The molecule has 0 saturated heterocycles. The molecular weight excluding hydrogens is 220 g/mol. The van der Waals surface area contributed by atoms with Crippen molar-refractivity contribution in [3.8, 4) is 6.07 Å². The first kappa shape index (κ1) is 12.6. The molecule has 0 bridgehead atoms. The molecule has 0 heterocycles. The standard InChI is InChI=1S/C13H15ClN2/c1-4-7-16(10(2)3)13-6-5-12(14)8-11(13)9-15/h4-6,8,10H,1,7H2,2-3H3. The first-order chi connectivity index (χ1) is 7.60. The van der Waals surface area contributed by atoms with Gasteiger partial charge in [0.25, 0.3) is 0 Å². The van der Waals surface area contributed by atoms with E-state index in [4.69, 9.17) is 16.9 Å². The van der Waals surface area contributed by atoms with Crippen LogP contribution in [0.1, 0.15) is 19.4 Å². The van der Waals surface area contributed by atoms with Gasteiger partial charge in [-0.1, -0.05) is 17.7 Å². The van der Waals surface area contributed by atoms with Crippen molar-refractivity contribution >= 4 is 17.3 Å². The SMILES string of the molecule is C=CCN(c1ccc(Cl)cc1C#N)C(C)C. The van der Waals surface area contributed by atoms with E-state index in [0.29, 0.717) is 23.2 Å². The first-order valence-electron chi connectivity index (χ1n) is 5.17. The number of rotatable bonds is 4. The number of nitriles is 1. The van der Waals surface area contributed by atoms with Crippen molar-refractivity contribution in [2.75, 3.05) is 11.4 Å². The molecule has 0 spiro atoms. The largest absolute Gasteiger partial charge is 0.364 e. The topological polar surface area (TPSA) is 27.0 Å². The summed E-state index contributed by atoms with van der Waals surface area (Å²) >= 11 is 5.87. The summed E-state index contributed by atoms with van der Waals surface area (Å²) in [6.07, 6.45) is 1.83. The fraction of sp³-hybridized carbons (Fsp3) is 0.308. The third-order valence-corrected chi connectivity index (χ3v) is 2.57. The monoisotopic (exact) mass is 234 g/mol. The molecule has 1 aromatic carbocycles. The lowest BCUT2D eigenvalue weighted by atomic mass is 10.1. The second kappa shape index (κ2) is 5.58. The fourth-order valence-corrected chi connectivity index (χ4v) is 1.75. The third-order valence-electron chi connectivity index (χ3n) is 2.34. The molecule has 0 aliphatic rings. The Morgan fingerprint density at radius 2 is 2.25 bits per heavy atom. The Kier molecular flexibility index (Phi) is 4.39. The Labute approximate surface area is 102 Å². The zero-order valence-electron chi connectivity index (χ0n) is 9.57. The number of benzene rings is 1. The second-order valence-corrected chi connectivity index (χ2v) is 4.24. The quantitative estimate of drug-likeness (QED) is 0.745. The van der Waals surface area contributed by atoms with E-state index in [2.05, 4.69) is 31.4 Å². The maximum Gasteiger partial charge on any atom is 0.101 e. The number of anilines is 1. The number of halogens is 1. The van der Waals surface area contributed by atoms with Gasteiger partial charge in [0.05, 0.1) is 11.3 Å². The second-order valence-electron chi connectivity index (χ2n) is 3.81. The van der Waals surface area contributed by atoms with Crippen molar-refractivity contribution in [1.29, 1.82) is 5.26 Å². The molecule has 1 aromatic rings. The van der Waals surface area contributed by atoms with E-state index in [1.54, 1.807) is 12.1 Å². The average Bonchev–Trinajstić information content (AvgIpc) is 2.26. The molecule has 0 radical (unpaired) electrons. The molecule has 84 valence electrons. The predicted molar refractivity (Wildman–Crippen MR) is 68.8 cm³/mol. The van der Waals surface area contributed by atoms with E-state index in [9.17, 15) is 0 Å². The summed E-state index contributed by atoms with van der Waals surface area (Å²) in [6.45, 7) is 8.61. The van der Waals surface area contributed by atoms with Gasteiger partial charge in [-0.25, -0.2) is 0 Å². The van der Waals surface area contributed by atoms with Crippen LogP contribution in [0.15, 0.2) is 30.9 Å². The van der Waals surface area contributed by atoms with E-state index in [0.717, 1.165) is 5.69 Å². The lowest BCUT2D eigenvalue weighted by Gasteiger charge is -2.28. The minimum absolute atomic E-state index is 0.311. The van der Waals surface area contributed by atoms with E-state index >= 15 is 0 Å². The Bertz CT molecular complexity index is 418. The molecule has 2 nitrogen and oxygen atoms in total. The summed E-state index contributed by atoms with van der Waals surface area (Å²) in [7, 11) is 0. The van der Waals surface area contributed by atoms with E-state index in [1.807, 2.05) is 12.1 Å². The average molecular weight is 235 g/mol. The molecule has 16 heavy (non-hydrogen) atoms. The lowest BCUT2D eigenvalue weighted by Crippen LogP contribution is -2.31. The zero-order chi connectivity index (χ0) is 12.1. The normalized spacial score (nSPS) is 9.94. The minimum atomic E-state index is 0.311. The Hall–Kier alpha value is -1.46. The van der Waals surface area contributed by atoms with Crippen LogP contribution < -0.4 is 4.90 Å². The minimum Gasteiger partial charge on any atom is -0.364 e. The van der Waals surface area contributed by atoms with Gasteiger partial charge in [-0.2, -0.15) is 5.26 Å². The lowest BCUT2D eigenvalue weighted by molar-refractivity contribution is 0.722. The van der Waals surface area contributed by atoms with Crippen molar-refractivity contribution in [1.82, 2.24) is 0 Å². The molecule has 1 rings (SSSR count). The molecule has 0 atom stereocenters. The molecule has 0 fully saturated rings. The summed E-state index contributed by atoms with van der Waals surface area (Å²) in [5, 5.41) is 9.67. The molecule has 0 amide bonds. The van der Waals surface area contributed by atoms with E-state index in [1.165, 1.54) is 0 Å². The van der Waals surface area contributed by atoms with Gasteiger partial charge in [0.1, 0.15) is 6.07 Å². The molecule has 0 aromatic heterocycles. The van der Waals surface area contributed by atoms with Crippen LogP contribution in [-0.4, -0.2) is 12.6 Å². The van der Waals surface area contributed by atoms with Gasteiger partial charge >= 0.3 is 0 Å². The first-order valence-corrected chi connectivity index (χ1v) is 5.55. The van der Waals surface area contributed by atoms with Crippen LogP contribution in [0.25, 0.3) is 0 Å². The number of hydrogen-bond donors (Lipinski definition) is 0. The maximum atomic E-state index is 9.08. The molecule has 0 N–H and O–H groups in total. The van der Waals surface area contributed by atoms with Crippen molar-refractivity contribution < 1.29 is 0 Å². The Morgan fingerprint density at radius 1 is 1.56 bits per heavy atom. The zero-order valence-corrected chi connectivity index (χ0v) is 10.3. The third kappa shape index (κ3) is 2.77. The predicted octanol–water partition coefficient (Wildman–Crippen LogP) is 3.61. The Morgan fingerprint density at radius 3 is 2.75 bits per heavy atom. The smallest absolute Gasteiger partial charge is 0.101 e. The van der Waals surface area contributed by atoms with Gasteiger partial charge in [0, 0.05) is 17.6 Å². The molecule has 0 unspecified atom stereocenters. The summed E-state index contributed by atoms with van der Waals surface area (Å²) in [6, 6.07) is 7.85. The molecule has 0 aliphatic heterocycles. The summed E-state index contributed by atoms with van der Waals surface area (Å²) < 4.78 is 0. The molecule has 0 saturated carbocycles. The van der Waals surface area contributed by atoms with Crippen LogP contribution in [0.2, 0.25) is 5.02 Å². The highest BCUT2D eigenvalue weighted by atomic mass is 35.5. The fourth-order valence-electron chi connectivity index (χ4n) is 1.57. The van der Waals surface area contributed by atoms with Gasteiger partial charge < -0.3 is 4.90 Å². The van der Waals surface area contributed by atoms with E-state index in [-0.39, 0.29) is 0 Å². The van der Waals surface area contributed by atoms with Crippen molar-refractivity contribution in [2.24, 2.45) is 0 Å². The van der Waals surface area contributed by atoms with Gasteiger partial charge in [0.2, 0.25) is 0 Å². The number of hydrogen-bond acceptors (Lipinski definition) is 2. The Balaban J connectivity index is 3.19. The summed E-state index contributed by atoms with van der Waals surface area (Å²) in [4.78, 5) is 2.11. The molecular formula is C13H15ClN2. The highest BCUT2D eigenvalue weighted by molar-refractivity contribution is 6.30. The highest BCUT2D eigenvalue weighted by Crippen LogP contribution is 2.25. The molecule has 3 heteroatoms. The van der Waals surface area contributed by atoms with Crippen LogP contribution in [0.3, 0.4) is 0 Å². The van der Waals surface area contributed by atoms with Gasteiger partial charge in [0.15, 0.2) is 0 Å². The van der Waals surface area contributed by atoms with Crippen LogP contribution in [-0.2, 0) is 0 Å². The highest BCUT2D eigenvalue weighted by Gasteiger charge is 2.13.